The molecule has 0 aliphatic carbocycles. The fourth-order valence-electron chi connectivity index (χ4n) is 3.22. The number of carbonyl (C=O) groups is 3. The molecule has 3 amide bonds. The first-order valence-electron chi connectivity index (χ1n) is 9.76. The molecule has 3 N–H and O–H groups in total. The zero-order valence-corrected chi connectivity index (χ0v) is 17.5. The highest BCUT2D eigenvalue weighted by molar-refractivity contribution is 5.87. The maximum Gasteiger partial charge on any atom is 0.407 e. The number of azide groups is 1. The van der Waals surface area contributed by atoms with Gasteiger partial charge in [-0.25, -0.2) is 4.79 Å². The monoisotopic (exact) mass is 416 g/mol. The minimum absolute atomic E-state index is 0.200. The number of ether oxygens (including phenoxy) is 1. The maximum atomic E-state index is 12.6. The van der Waals surface area contributed by atoms with Crippen LogP contribution in [0.25, 0.3) is 10.4 Å². The second kappa shape index (κ2) is 9.98. The number of nitrogens with zero attached hydrogens (tertiary/aromatic N) is 4. The molecular weight excluding hydrogens is 388 g/mol. The number of primary amides is 1. The number of nitrogens with two attached hydrogens (primary N) is 1. The van der Waals surface area contributed by atoms with Crippen LogP contribution in [0, 0.1) is 0 Å². The second-order valence-corrected chi connectivity index (χ2v) is 8.23. The SMILES string of the molecule is CC(C)(C)OC(=O)NCc1ccc(CCC(=O)N2CC(N=[N+]=[N-])C[C@H]2C(N)=O)cc1. The Balaban J connectivity index is 1.85. The number of alkyl carbamates (subject to hydrolysis) is 1. The van der Waals surface area contributed by atoms with E-state index in [0.717, 1.165) is 11.1 Å². The fraction of sp³-hybridized carbons (Fsp3) is 0.550. The van der Waals surface area contributed by atoms with E-state index in [-0.39, 0.29) is 25.3 Å². The van der Waals surface area contributed by atoms with Crippen LogP contribution in [0.1, 0.15) is 44.7 Å². The standard InChI is InChI=1S/C20H28N6O4/c1-20(2,3)30-19(29)23-11-14-6-4-13(5-7-14)8-9-17(27)26-12-15(24-25-22)10-16(26)18(21)28/h4-7,15-16H,8-12H2,1-3H3,(H2,21,28)(H,23,29)/t15?,16-/m0/s1. The van der Waals surface area contributed by atoms with Gasteiger partial charge in [0.15, 0.2) is 0 Å². The molecule has 10 nitrogen and oxygen atoms in total. The molecule has 0 radical (unpaired) electrons. The highest BCUT2D eigenvalue weighted by Crippen LogP contribution is 2.22. The summed E-state index contributed by atoms with van der Waals surface area (Å²) in [7, 11) is 0. The van der Waals surface area contributed by atoms with Crippen LogP contribution in [-0.4, -0.2) is 47.0 Å². The third kappa shape index (κ3) is 6.97. The molecular formula is C20H28N6O4. The number of nitrogens with one attached hydrogen (secondary N) is 1. The summed E-state index contributed by atoms with van der Waals surface area (Å²) < 4.78 is 5.19. The third-order valence-corrected chi connectivity index (χ3v) is 4.63. The van der Waals surface area contributed by atoms with Gasteiger partial charge in [-0.15, -0.1) is 0 Å². The van der Waals surface area contributed by atoms with Crippen LogP contribution in [0.5, 0.6) is 0 Å². The molecule has 1 unspecified atom stereocenters. The van der Waals surface area contributed by atoms with Crippen molar-refractivity contribution >= 4 is 17.9 Å². The Morgan fingerprint density at radius 2 is 1.90 bits per heavy atom. The first kappa shape index (κ1) is 23.0. The number of likely N-dealkylation sites (tertiary alicyclic amines) is 1. The number of aryl methyl sites for hydroxylation is 1. The fourth-order valence-corrected chi connectivity index (χ4v) is 3.22. The molecule has 2 rings (SSSR count). The predicted octanol–water partition coefficient (Wildman–Crippen LogP) is 2.41. The van der Waals surface area contributed by atoms with Crippen molar-refractivity contribution < 1.29 is 19.1 Å². The van der Waals surface area contributed by atoms with Crippen molar-refractivity contribution in [2.24, 2.45) is 10.8 Å². The Morgan fingerprint density at radius 1 is 1.27 bits per heavy atom. The molecule has 1 heterocycles. The Labute approximate surface area is 175 Å². The van der Waals surface area contributed by atoms with Gasteiger partial charge in [-0.3, -0.25) is 9.59 Å². The summed E-state index contributed by atoms with van der Waals surface area (Å²) in [4.78, 5) is 40.0. The Kier molecular flexibility index (Phi) is 7.66. The summed E-state index contributed by atoms with van der Waals surface area (Å²) in [6, 6.07) is 6.34. The lowest BCUT2D eigenvalue weighted by molar-refractivity contribution is -0.137. The van der Waals surface area contributed by atoms with E-state index < -0.39 is 29.7 Å². The van der Waals surface area contributed by atoms with Crippen LogP contribution in [0.15, 0.2) is 29.4 Å². The maximum absolute atomic E-state index is 12.6. The molecule has 1 saturated heterocycles. The normalized spacial score (nSPS) is 18.4. The van der Waals surface area contributed by atoms with Gasteiger partial charge in [-0.1, -0.05) is 29.4 Å². The first-order valence-corrected chi connectivity index (χ1v) is 9.76. The van der Waals surface area contributed by atoms with Crippen molar-refractivity contribution in [2.45, 2.75) is 64.3 Å². The molecule has 1 aliphatic rings. The summed E-state index contributed by atoms with van der Waals surface area (Å²) in [5.41, 5.74) is 15.3. The number of carbonyl (C=O) groups excluding carboxylic acids is 3. The van der Waals surface area contributed by atoms with Crippen LogP contribution in [0.4, 0.5) is 4.79 Å². The molecule has 30 heavy (non-hydrogen) atoms. The number of amides is 3. The average molecular weight is 416 g/mol. The molecule has 0 aromatic heterocycles. The van der Waals surface area contributed by atoms with Gasteiger partial charge < -0.3 is 20.7 Å². The van der Waals surface area contributed by atoms with Crippen LogP contribution in [0.3, 0.4) is 0 Å². The summed E-state index contributed by atoms with van der Waals surface area (Å²) in [6.07, 6.45) is 0.477. The lowest BCUT2D eigenvalue weighted by Gasteiger charge is -2.22. The lowest BCUT2D eigenvalue weighted by Crippen LogP contribution is -2.43. The average Bonchev–Trinajstić information content (AvgIpc) is 3.09. The molecule has 2 atom stereocenters. The zero-order chi connectivity index (χ0) is 22.3. The summed E-state index contributed by atoms with van der Waals surface area (Å²) >= 11 is 0. The van der Waals surface area contributed by atoms with E-state index in [1.165, 1.54) is 4.90 Å². The molecule has 1 aromatic carbocycles. The van der Waals surface area contributed by atoms with Crippen molar-refractivity contribution in [3.63, 3.8) is 0 Å². The molecule has 0 saturated carbocycles. The predicted molar refractivity (Wildman–Crippen MR) is 110 cm³/mol. The van der Waals surface area contributed by atoms with E-state index in [9.17, 15) is 14.4 Å². The highest BCUT2D eigenvalue weighted by atomic mass is 16.6. The number of rotatable bonds is 7. The van der Waals surface area contributed by atoms with Gasteiger partial charge in [0.1, 0.15) is 11.6 Å². The highest BCUT2D eigenvalue weighted by Gasteiger charge is 2.37. The zero-order valence-electron chi connectivity index (χ0n) is 17.5. The third-order valence-electron chi connectivity index (χ3n) is 4.63. The van der Waals surface area contributed by atoms with Crippen LogP contribution in [0.2, 0.25) is 0 Å². The largest absolute Gasteiger partial charge is 0.444 e. The van der Waals surface area contributed by atoms with Gasteiger partial charge in [-0.2, -0.15) is 0 Å². The smallest absolute Gasteiger partial charge is 0.407 e. The van der Waals surface area contributed by atoms with Gasteiger partial charge in [0, 0.05) is 24.4 Å². The Hall–Kier alpha value is -3.26. The summed E-state index contributed by atoms with van der Waals surface area (Å²) in [5, 5.41) is 6.30. The van der Waals surface area contributed by atoms with E-state index in [1.807, 2.05) is 24.3 Å². The van der Waals surface area contributed by atoms with Crippen LogP contribution < -0.4 is 11.1 Å². The molecule has 1 aromatic rings. The molecule has 0 bridgehead atoms. The molecule has 0 spiro atoms. The minimum atomic E-state index is -0.741. The quantitative estimate of drug-likeness (QED) is 0.398. The Bertz CT molecular complexity index is 827. The second-order valence-electron chi connectivity index (χ2n) is 8.23. The van der Waals surface area contributed by atoms with Crippen LogP contribution in [-0.2, 0) is 27.3 Å². The van der Waals surface area contributed by atoms with Gasteiger partial charge in [0.25, 0.3) is 0 Å². The van der Waals surface area contributed by atoms with Gasteiger partial charge in [-0.05, 0) is 50.3 Å². The molecule has 10 heteroatoms. The van der Waals surface area contributed by atoms with E-state index in [2.05, 4.69) is 15.3 Å². The number of hydrogen-bond acceptors (Lipinski definition) is 5. The number of benzene rings is 1. The van der Waals surface area contributed by atoms with E-state index >= 15 is 0 Å². The molecule has 1 fully saturated rings. The van der Waals surface area contributed by atoms with E-state index in [4.69, 9.17) is 16.0 Å². The molecule has 1 aliphatic heterocycles. The topological polar surface area (TPSA) is 150 Å². The molecule has 162 valence electrons. The van der Waals surface area contributed by atoms with Crippen molar-refractivity contribution in [1.29, 1.82) is 0 Å². The first-order chi connectivity index (χ1) is 14.1. The Morgan fingerprint density at radius 3 is 2.47 bits per heavy atom. The van der Waals surface area contributed by atoms with E-state index in [1.54, 1.807) is 20.8 Å². The van der Waals surface area contributed by atoms with Gasteiger partial charge in [0.05, 0.1) is 6.04 Å². The van der Waals surface area contributed by atoms with Crippen molar-refractivity contribution in [2.75, 3.05) is 6.54 Å². The van der Waals surface area contributed by atoms with Crippen molar-refractivity contribution in [3.8, 4) is 0 Å². The van der Waals surface area contributed by atoms with Gasteiger partial charge >= 0.3 is 6.09 Å². The lowest BCUT2D eigenvalue weighted by atomic mass is 10.1. The van der Waals surface area contributed by atoms with Crippen molar-refractivity contribution in [3.05, 3.63) is 45.8 Å². The minimum Gasteiger partial charge on any atom is -0.444 e. The van der Waals surface area contributed by atoms with Crippen LogP contribution >= 0.6 is 0 Å². The summed E-state index contributed by atoms with van der Waals surface area (Å²) in [6.45, 7) is 5.93. The van der Waals surface area contributed by atoms with E-state index in [0.29, 0.717) is 13.0 Å². The summed E-state index contributed by atoms with van der Waals surface area (Å²) in [5.74, 6) is -0.800. The van der Waals surface area contributed by atoms with Gasteiger partial charge in [0.2, 0.25) is 11.8 Å². The van der Waals surface area contributed by atoms with Crippen molar-refractivity contribution in [1.82, 2.24) is 10.2 Å². The number of hydrogen-bond donors (Lipinski definition) is 2.